The van der Waals surface area contributed by atoms with E-state index in [0.29, 0.717) is 12.1 Å². The zero-order valence-corrected chi connectivity index (χ0v) is 8.74. The number of oxime groups is 1. The van der Waals surface area contributed by atoms with Gasteiger partial charge in [-0.2, -0.15) is 0 Å². The summed E-state index contributed by atoms with van der Waals surface area (Å²) < 4.78 is 13.0. The van der Waals surface area contributed by atoms with E-state index in [2.05, 4.69) is 5.16 Å². The minimum absolute atomic E-state index is 0.0775. The molecule has 0 aliphatic rings. The molecule has 0 aliphatic carbocycles. The van der Waals surface area contributed by atoms with Crippen molar-refractivity contribution >= 4 is 5.84 Å². The Bertz CT molecular complexity index is 377. The fourth-order valence-electron chi connectivity index (χ4n) is 1.32. The molecule has 4 nitrogen and oxygen atoms in total. The maximum atomic E-state index is 13.0. The molecule has 0 bridgehead atoms. The van der Waals surface area contributed by atoms with Gasteiger partial charge in [0.2, 0.25) is 0 Å². The highest BCUT2D eigenvalue weighted by Crippen LogP contribution is 2.12. The number of nitrogens with two attached hydrogens (primary N) is 1. The quantitative estimate of drug-likeness (QED) is 0.339. The van der Waals surface area contributed by atoms with Gasteiger partial charge in [-0.3, -0.25) is 0 Å². The van der Waals surface area contributed by atoms with Crippen molar-refractivity contribution in [1.29, 1.82) is 0 Å². The van der Waals surface area contributed by atoms with Crippen LogP contribution in [0, 0.1) is 5.82 Å². The Hall–Kier alpha value is -1.62. The first-order valence-electron chi connectivity index (χ1n) is 4.45. The van der Waals surface area contributed by atoms with Crippen LogP contribution in [0.5, 0.6) is 0 Å². The van der Waals surface area contributed by atoms with Gasteiger partial charge in [0.15, 0.2) is 5.84 Å². The van der Waals surface area contributed by atoms with E-state index in [4.69, 9.17) is 10.9 Å². The number of hydrogen-bond donors (Lipinski definition) is 2. The molecule has 0 heterocycles. The molecule has 0 aromatic heterocycles. The molecule has 3 N–H and O–H groups in total. The van der Waals surface area contributed by atoms with Crippen LogP contribution in [0.2, 0.25) is 0 Å². The molecule has 0 atom stereocenters. The van der Waals surface area contributed by atoms with Crippen molar-refractivity contribution < 1.29 is 9.60 Å². The van der Waals surface area contributed by atoms with E-state index >= 15 is 0 Å². The first-order valence-corrected chi connectivity index (χ1v) is 4.45. The second-order valence-corrected chi connectivity index (χ2v) is 3.52. The number of amidine groups is 1. The van der Waals surface area contributed by atoms with Crippen LogP contribution in [0.4, 0.5) is 4.39 Å². The smallest absolute Gasteiger partial charge is 0.170 e. The normalized spacial score (nSPS) is 12.1. The predicted molar refractivity (Wildman–Crippen MR) is 56.3 cm³/mol. The second kappa shape index (κ2) is 4.75. The van der Waals surface area contributed by atoms with E-state index in [1.807, 2.05) is 19.0 Å². The SMILES string of the molecule is CN(C)Cc1ccc(F)cc1C(N)=NO. The molecule has 1 rings (SSSR count). The molecule has 0 saturated carbocycles. The highest BCUT2D eigenvalue weighted by molar-refractivity contribution is 5.98. The van der Waals surface area contributed by atoms with E-state index in [0.717, 1.165) is 5.56 Å². The molecule has 0 spiro atoms. The van der Waals surface area contributed by atoms with Crippen molar-refractivity contribution in [3.05, 3.63) is 35.1 Å². The summed E-state index contributed by atoms with van der Waals surface area (Å²) in [6.45, 7) is 0.603. The molecule has 0 aliphatic heterocycles. The lowest BCUT2D eigenvalue weighted by Gasteiger charge is -2.13. The maximum Gasteiger partial charge on any atom is 0.170 e. The van der Waals surface area contributed by atoms with Crippen LogP contribution in [0.15, 0.2) is 23.4 Å². The molecule has 15 heavy (non-hydrogen) atoms. The first kappa shape index (κ1) is 11.5. The van der Waals surface area contributed by atoms with Crippen LogP contribution in [-0.2, 0) is 6.54 Å². The van der Waals surface area contributed by atoms with Gasteiger partial charge in [-0.1, -0.05) is 11.2 Å². The lowest BCUT2D eigenvalue weighted by atomic mass is 10.1. The van der Waals surface area contributed by atoms with Crippen LogP contribution in [0.1, 0.15) is 11.1 Å². The molecule has 1 aromatic carbocycles. The van der Waals surface area contributed by atoms with Gasteiger partial charge in [0, 0.05) is 12.1 Å². The Kier molecular flexibility index (Phi) is 3.62. The number of rotatable bonds is 3. The van der Waals surface area contributed by atoms with Crippen molar-refractivity contribution in [3.8, 4) is 0 Å². The van der Waals surface area contributed by atoms with Crippen LogP contribution in [0.25, 0.3) is 0 Å². The zero-order chi connectivity index (χ0) is 11.4. The van der Waals surface area contributed by atoms with E-state index < -0.39 is 5.82 Å². The summed E-state index contributed by atoms with van der Waals surface area (Å²) in [5.74, 6) is -0.481. The molecule has 0 unspecified atom stereocenters. The summed E-state index contributed by atoms with van der Waals surface area (Å²) in [6.07, 6.45) is 0. The average Bonchev–Trinajstić information content (AvgIpc) is 2.19. The lowest BCUT2D eigenvalue weighted by molar-refractivity contribution is 0.318. The largest absolute Gasteiger partial charge is 0.409 e. The van der Waals surface area contributed by atoms with Gasteiger partial charge in [-0.15, -0.1) is 0 Å². The Morgan fingerprint density at radius 3 is 2.73 bits per heavy atom. The van der Waals surface area contributed by atoms with Gasteiger partial charge in [-0.05, 0) is 31.8 Å². The van der Waals surface area contributed by atoms with Crippen LogP contribution >= 0.6 is 0 Å². The minimum atomic E-state index is -0.404. The standard InChI is InChI=1S/C10H14FN3O/c1-14(2)6-7-3-4-8(11)5-9(7)10(12)13-15/h3-5,15H,6H2,1-2H3,(H2,12,13). The maximum absolute atomic E-state index is 13.0. The van der Waals surface area contributed by atoms with E-state index in [1.54, 1.807) is 6.07 Å². The first-order chi connectivity index (χ1) is 7.04. The van der Waals surface area contributed by atoms with Crippen molar-refractivity contribution in [2.45, 2.75) is 6.54 Å². The summed E-state index contributed by atoms with van der Waals surface area (Å²) in [5.41, 5.74) is 6.69. The summed E-state index contributed by atoms with van der Waals surface area (Å²) in [4.78, 5) is 1.92. The van der Waals surface area contributed by atoms with Gasteiger partial charge >= 0.3 is 0 Å². The topological polar surface area (TPSA) is 61.8 Å². The predicted octanol–water partition coefficient (Wildman–Crippen LogP) is 0.982. The third-order valence-electron chi connectivity index (χ3n) is 1.94. The van der Waals surface area contributed by atoms with Crippen molar-refractivity contribution in [3.63, 3.8) is 0 Å². The van der Waals surface area contributed by atoms with E-state index in [-0.39, 0.29) is 5.84 Å². The summed E-state index contributed by atoms with van der Waals surface area (Å²) in [7, 11) is 3.78. The Morgan fingerprint density at radius 1 is 1.53 bits per heavy atom. The summed E-state index contributed by atoms with van der Waals surface area (Å²) in [6, 6.07) is 4.24. The molecular formula is C10H14FN3O. The highest BCUT2D eigenvalue weighted by Gasteiger charge is 2.09. The van der Waals surface area contributed by atoms with Gasteiger partial charge < -0.3 is 15.8 Å². The van der Waals surface area contributed by atoms with Crippen molar-refractivity contribution in [2.24, 2.45) is 10.9 Å². The molecule has 0 saturated heterocycles. The number of hydrogen-bond acceptors (Lipinski definition) is 3. The second-order valence-electron chi connectivity index (χ2n) is 3.52. The minimum Gasteiger partial charge on any atom is -0.409 e. The third kappa shape index (κ3) is 2.92. The Labute approximate surface area is 87.8 Å². The van der Waals surface area contributed by atoms with Gasteiger partial charge in [0.05, 0.1) is 0 Å². The summed E-state index contributed by atoms with van der Waals surface area (Å²) >= 11 is 0. The lowest BCUT2D eigenvalue weighted by Crippen LogP contribution is -2.19. The molecule has 0 fully saturated rings. The van der Waals surface area contributed by atoms with Crippen LogP contribution < -0.4 is 5.73 Å². The molecule has 82 valence electrons. The molecule has 1 aromatic rings. The number of nitrogens with zero attached hydrogens (tertiary/aromatic N) is 2. The Balaban J connectivity index is 3.14. The molecular weight excluding hydrogens is 197 g/mol. The van der Waals surface area contributed by atoms with Crippen LogP contribution in [0.3, 0.4) is 0 Å². The van der Waals surface area contributed by atoms with Gasteiger partial charge in [-0.25, -0.2) is 4.39 Å². The summed E-state index contributed by atoms with van der Waals surface area (Å²) in [5, 5.41) is 11.4. The van der Waals surface area contributed by atoms with Crippen LogP contribution in [-0.4, -0.2) is 30.0 Å². The van der Waals surface area contributed by atoms with Crippen molar-refractivity contribution in [1.82, 2.24) is 4.90 Å². The van der Waals surface area contributed by atoms with Gasteiger partial charge in [0.25, 0.3) is 0 Å². The Morgan fingerprint density at radius 2 is 2.20 bits per heavy atom. The third-order valence-corrected chi connectivity index (χ3v) is 1.94. The molecule has 5 heteroatoms. The highest BCUT2D eigenvalue weighted by atomic mass is 19.1. The van der Waals surface area contributed by atoms with E-state index in [9.17, 15) is 4.39 Å². The number of benzene rings is 1. The van der Waals surface area contributed by atoms with E-state index in [1.165, 1.54) is 12.1 Å². The average molecular weight is 211 g/mol. The molecule has 0 radical (unpaired) electrons. The van der Waals surface area contributed by atoms with Gasteiger partial charge in [0.1, 0.15) is 5.82 Å². The fraction of sp³-hybridized carbons (Fsp3) is 0.300. The number of halogens is 1. The molecule has 0 amide bonds. The fourth-order valence-corrected chi connectivity index (χ4v) is 1.32. The van der Waals surface area contributed by atoms with Crippen molar-refractivity contribution in [2.75, 3.05) is 14.1 Å². The zero-order valence-electron chi connectivity index (χ0n) is 8.74. The monoisotopic (exact) mass is 211 g/mol.